The zero-order valence-corrected chi connectivity index (χ0v) is 11.9. The number of carbonyl (C=O) groups is 1. The molecule has 94 valence electrons. The topological polar surface area (TPSA) is 60.9 Å². The van der Waals surface area contributed by atoms with E-state index in [4.69, 9.17) is 5.73 Å². The van der Waals surface area contributed by atoms with Gasteiger partial charge in [0.25, 0.3) is 0 Å². The van der Waals surface area contributed by atoms with Crippen molar-refractivity contribution in [3.63, 3.8) is 0 Å². The molecule has 1 aromatic heterocycles. The average molecular weight is 308 g/mol. The lowest BCUT2D eigenvalue weighted by molar-refractivity contribution is 0.0990. The molecule has 1 heterocycles. The van der Waals surface area contributed by atoms with Crippen LogP contribution in [0.15, 0.2) is 28.7 Å². The maximum atomic E-state index is 12.2. The van der Waals surface area contributed by atoms with E-state index in [1.807, 2.05) is 14.0 Å². The van der Waals surface area contributed by atoms with Crippen LogP contribution >= 0.6 is 15.9 Å². The Morgan fingerprint density at radius 2 is 2.22 bits per heavy atom. The van der Waals surface area contributed by atoms with Gasteiger partial charge >= 0.3 is 0 Å². The summed E-state index contributed by atoms with van der Waals surface area (Å²) in [5.74, 6) is 0.0333. The monoisotopic (exact) mass is 307 g/mol. The number of nitrogens with zero attached hydrogens (tertiary/aromatic N) is 2. The number of aromatic nitrogens is 2. The summed E-state index contributed by atoms with van der Waals surface area (Å²) in [6.07, 6.45) is 0.307. The van der Waals surface area contributed by atoms with E-state index in [-0.39, 0.29) is 5.78 Å². The number of rotatable bonds is 3. The zero-order valence-electron chi connectivity index (χ0n) is 10.3. The molecule has 2 N–H and O–H groups in total. The molecule has 0 aliphatic rings. The number of carbonyl (C=O) groups excluding carboxylic acids is 1. The number of benzene rings is 1. The van der Waals surface area contributed by atoms with E-state index in [0.29, 0.717) is 17.7 Å². The van der Waals surface area contributed by atoms with Gasteiger partial charge in [0.2, 0.25) is 0 Å². The van der Waals surface area contributed by atoms with Gasteiger partial charge in [-0.2, -0.15) is 5.10 Å². The third-order valence-corrected chi connectivity index (χ3v) is 3.83. The second kappa shape index (κ2) is 4.94. The minimum Gasteiger partial charge on any atom is -0.399 e. The molecule has 0 radical (unpaired) electrons. The van der Waals surface area contributed by atoms with Crippen LogP contribution in [0.2, 0.25) is 0 Å². The fourth-order valence-electron chi connectivity index (χ4n) is 1.84. The van der Waals surface area contributed by atoms with Crippen LogP contribution in [0.4, 0.5) is 5.69 Å². The van der Waals surface area contributed by atoms with Crippen LogP contribution in [0.3, 0.4) is 0 Å². The Hall–Kier alpha value is -1.62. The molecule has 0 bridgehead atoms. The summed E-state index contributed by atoms with van der Waals surface area (Å²) in [5.41, 5.74) is 8.66. The number of hydrogen-bond donors (Lipinski definition) is 1. The highest BCUT2D eigenvalue weighted by Crippen LogP contribution is 2.22. The summed E-state index contributed by atoms with van der Waals surface area (Å²) in [4.78, 5) is 12.2. The molecule has 2 rings (SSSR count). The highest BCUT2D eigenvalue weighted by atomic mass is 79.9. The van der Waals surface area contributed by atoms with E-state index in [1.165, 1.54) is 0 Å². The molecule has 4 nitrogen and oxygen atoms in total. The van der Waals surface area contributed by atoms with Crippen molar-refractivity contribution in [3.05, 3.63) is 45.7 Å². The number of aryl methyl sites for hydroxylation is 2. The lowest BCUT2D eigenvalue weighted by atomic mass is 10.1. The highest BCUT2D eigenvalue weighted by molar-refractivity contribution is 9.10. The van der Waals surface area contributed by atoms with Gasteiger partial charge in [0.1, 0.15) is 0 Å². The van der Waals surface area contributed by atoms with Gasteiger partial charge < -0.3 is 5.73 Å². The third kappa shape index (κ3) is 2.46. The van der Waals surface area contributed by atoms with Crippen LogP contribution in [-0.4, -0.2) is 15.6 Å². The Labute approximate surface area is 114 Å². The summed E-state index contributed by atoms with van der Waals surface area (Å²) in [6.45, 7) is 1.90. The quantitative estimate of drug-likeness (QED) is 0.700. The fraction of sp³-hybridized carbons (Fsp3) is 0.231. The van der Waals surface area contributed by atoms with Crippen LogP contribution in [0, 0.1) is 6.92 Å². The SMILES string of the molecule is Cc1nn(C)c(CC(=O)c2cccc(N)c2)c1Br. The molecule has 0 saturated carbocycles. The van der Waals surface area contributed by atoms with Gasteiger partial charge in [0.15, 0.2) is 5.78 Å². The van der Waals surface area contributed by atoms with Crippen LogP contribution in [0.1, 0.15) is 21.7 Å². The summed E-state index contributed by atoms with van der Waals surface area (Å²) >= 11 is 3.46. The lowest BCUT2D eigenvalue weighted by Gasteiger charge is -2.04. The van der Waals surface area contributed by atoms with Crippen molar-refractivity contribution in [3.8, 4) is 0 Å². The lowest BCUT2D eigenvalue weighted by Crippen LogP contribution is -2.08. The minimum absolute atomic E-state index is 0.0333. The van der Waals surface area contributed by atoms with Crippen molar-refractivity contribution < 1.29 is 4.79 Å². The molecule has 18 heavy (non-hydrogen) atoms. The molecule has 0 unspecified atom stereocenters. The molecule has 0 amide bonds. The number of nitrogen functional groups attached to an aromatic ring is 1. The van der Waals surface area contributed by atoms with Gasteiger partial charge in [0, 0.05) is 18.3 Å². The van der Waals surface area contributed by atoms with Gasteiger partial charge in [-0.3, -0.25) is 9.48 Å². The zero-order chi connectivity index (χ0) is 13.3. The molecular weight excluding hydrogens is 294 g/mol. The first kappa shape index (κ1) is 12.8. The van der Waals surface area contributed by atoms with Gasteiger partial charge in [0.05, 0.1) is 22.3 Å². The van der Waals surface area contributed by atoms with Crippen molar-refractivity contribution in [1.29, 1.82) is 0 Å². The Bertz CT molecular complexity index is 604. The summed E-state index contributed by atoms with van der Waals surface area (Å²) in [5, 5.41) is 4.27. The minimum atomic E-state index is 0.0333. The van der Waals surface area contributed by atoms with Gasteiger partial charge in [-0.25, -0.2) is 0 Å². The second-order valence-corrected chi connectivity index (χ2v) is 4.99. The molecule has 2 aromatic rings. The van der Waals surface area contributed by atoms with Gasteiger partial charge in [-0.05, 0) is 35.0 Å². The first-order chi connectivity index (χ1) is 8.49. The Morgan fingerprint density at radius 1 is 1.50 bits per heavy atom. The number of ketones is 1. The van der Waals surface area contributed by atoms with Crippen LogP contribution in [0.5, 0.6) is 0 Å². The molecular formula is C13H14BrN3O. The third-order valence-electron chi connectivity index (χ3n) is 2.80. The predicted molar refractivity (Wildman–Crippen MR) is 74.5 cm³/mol. The summed E-state index contributed by atoms with van der Waals surface area (Å²) in [6, 6.07) is 7.02. The Balaban J connectivity index is 2.27. The number of hydrogen-bond acceptors (Lipinski definition) is 3. The van der Waals surface area contributed by atoms with Crippen molar-refractivity contribution in [2.24, 2.45) is 7.05 Å². The molecule has 0 aliphatic heterocycles. The first-order valence-corrected chi connectivity index (χ1v) is 6.35. The average Bonchev–Trinajstić information content (AvgIpc) is 2.56. The molecule has 5 heteroatoms. The van der Waals surface area contributed by atoms with Gasteiger partial charge in [-0.15, -0.1) is 0 Å². The second-order valence-electron chi connectivity index (χ2n) is 4.20. The van der Waals surface area contributed by atoms with Crippen LogP contribution in [0.25, 0.3) is 0 Å². The van der Waals surface area contributed by atoms with E-state index in [9.17, 15) is 4.79 Å². The standard InChI is InChI=1S/C13H14BrN3O/c1-8-13(14)11(17(2)16-8)7-12(18)9-4-3-5-10(15)6-9/h3-6H,7,15H2,1-2H3. The Morgan fingerprint density at radius 3 is 2.78 bits per heavy atom. The van der Waals surface area contributed by atoms with Crippen molar-refractivity contribution in [2.45, 2.75) is 13.3 Å². The van der Waals surface area contributed by atoms with E-state index >= 15 is 0 Å². The van der Waals surface area contributed by atoms with Crippen LogP contribution in [-0.2, 0) is 13.5 Å². The Kier molecular flexibility index (Phi) is 3.52. The number of Topliss-reactive ketones (excluding diaryl/α,β-unsaturated/α-hetero) is 1. The van der Waals surface area contributed by atoms with Crippen molar-refractivity contribution in [2.75, 3.05) is 5.73 Å². The molecule has 0 aliphatic carbocycles. The molecule has 0 spiro atoms. The maximum absolute atomic E-state index is 12.2. The largest absolute Gasteiger partial charge is 0.399 e. The molecule has 0 saturated heterocycles. The van der Waals surface area contributed by atoms with E-state index in [0.717, 1.165) is 15.9 Å². The fourth-order valence-corrected chi connectivity index (χ4v) is 2.31. The van der Waals surface area contributed by atoms with Crippen molar-refractivity contribution >= 4 is 27.4 Å². The molecule has 0 atom stereocenters. The van der Waals surface area contributed by atoms with E-state index in [1.54, 1.807) is 28.9 Å². The number of halogens is 1. The number of anilines is 1. The smallest absolute Gasteiger partial charge is 0.168 e. The first-order valence-electron chi connectivity index (χ1n) is 5.55. The normalized spacial score (nSPS) is 10.6. The molecule has 0 fully saturated rings. The summed E-state index contributed by atoms with van der Waals surface area (Å²) in [7, 11) is 1.83. The van der Waals surface area contributed by atoms with E-state index in [2.05, 4.69) is 21.0 Å². The number of nitrogens with two attached hydrogens (primary N) is 1. The van der Waals surface area contributed by atoms with Gasteiger partial charge in [-0.1, -0.05) is 12.1 Å². The van der Waals surface area contributed by atoms with Crippen molar-refractivity contribution in [1.82, 2.24) is 9.78 Å². The predicted octanol–water partition coefficient (Wildman–Crippen LogP) is 2.50. The highest BCUT2D eigenvalue weighted by Gasteiger charge is 2.15. The summed E-state index contributed by atoms with van der Waals surface area (Å²) < 4.78 is 2.62. The van der Waals surface area contributed by atoms with Crippen LogP contribution < -0.4 is 5.73 Å². The molecule has 1 aromatic carbocycles. The maximum Gasteiger partial charge on any atom is 0.168 e. The van der Waals surface area contributed by atoms with E-state index < -0.39 is 0 Å².